The molecule has 0 amide bonds. The molecule has 1 aromatic heterocycles. The van der Waals surface area contributed by atoms with Gasteiger partial charge in [-0.05, 0) is 51.2 Å². The van der Waals surface area contributed by atoms with Gasteiger partial charge in [0.05, 0.1) is 5.69 Å². The van der Waals surface area contributed by atoms with Gasteiger partial charge in [-0.25, -0.2) is 4.98 Å². The van der Waals surface area contributed by atoms with E-state index in [1.54, 1.807) is 6.07 Å². The number of nitrogens with zero attached hydrogens (tertiary/aromatic N) is 1. The summed E-state index contributed by atoms with van der Waals surface area (Å²) in [6, 6.07) is 9.43. The van der Waals surface area contributed by atoms with Crippen molar-refractivity contribution in [2.45, 2.75) is 19.4 Å². The van der Waals surface area contributed by atoms with Crippen molar-refractivity contribution < 1.29 is 5.11 Å². The summed E-state index contributed by atoms with van der Waals surface area (Å²) in [4.78, 5) is 4.49. The smallest absolute Gasteiger partial charge is 0.141 e. The molecular formula is C16H24N4O. The standard InChI is InChI=1S/C16H24N4O/c17-8-2-9-18-10-3-11-19-12-14-7-6-13-4-1-5-15(21)16(13)20-14/h1,4-7,18-19,21H,2-3,8-12,17H2. The third-order valence-electron chi connectivity index (χ3n) is 3.33. The second-order valence-corrected chi connectivity index (χ2v) is 5.07. The Morgan fingerprint density at radius 1 is 1.00 bits per heavy atom. The van der Waals surface area contributed by atoms with Crippen LogP contribution < -0.4 is 16.4 Å². The molecule has 0 aliphatic carbocycles. The third kappa shape index (κ3) is 4.97. The van der Waals surface area contributed by atoms with E-state index in [0.29, 0.717) is 12.1 Å². The molecular weight excluding hydrogens is 264 g/mol. The van der Waals surface area contributed by atoms with E-state index >= 15 is 0 Å². The molecule has 5 nitrogen and oxygen atoms in total. The van der Waals surface area contributed by atoms with Crippen molar-refractivity contribution in [1.82, 2.24) is 15.6 Å². The van der Waals surface area contributed by atoms with Crippen LogP contribution >= 0.6 is 0 Å². The van der Waals surface area contributed by atoms with E-state index in [1.807, 2.05) is 24.3 Å². The Bertz CT molecular complexity index is 559. The van der Waals surface area contributed by atoms with Gasteiger partial charge in [-0.3, -0.25) is 0 Å². The van der Waals surface area contributed by atoms with Crippen LogP contribution in [0.5, 0.6) is 5.75 Å². The quantitative estimate of drug-likeness (QED) is 0.524. The van der Waals surface area contributed by atoms with Crippen LogP contribution in [0.2, 0.25) is 0 Å². The van der Waals surface area contributed by atoms with E-state index in [4.69, 9.17) is 5.73 Å². The van der Waals surface area contributed by atoms with E-state index in [-0.39, 0.29) is 5.75 Å². The maximum absolute atomic E-state index is 9.81. The molecule has 0 fully saturated rings. The zero-order valence-corrected chi connectivity index (χ0v) is 12.3. The maximum Gasteiger partial charge on any atom is 0.141 e. The Balaban J connectivity index is 1.72. The lowest BCUT2D eigenvalue weighted by Gasteiger charge is -2.07. The number of aromatic hydroxyl groups is 1. The molecule has 0 radical (unpaired) electrons. The average Bonchev–Trinajstić information content (AvgIpc) is 2.51. The van der Waals surface area contributed by atoms with Crippen LogP contribution in [0.4, 0.5) is 0 Å². The number of phenolic OH excluding ortho intramolecular Hbond substituents is 1. The molecule has 1 aromatic carbocycles. The van der Waals surface area contributed by atoms with E-state index in [0.717, 1.165) is 50.1 Å². The molecule has 0 saturated heterocycles. The van der Waals surface area contributed by atoms with Gasteiger partial charge >= 0.3 is 0 Å². The molecule has 5 heteroatoms. The first-order valence-electron chi connectivity index (χ1n) is 7.50. The Labute approximate surface area is 125 Å². The van der Waals surface area contributed by atoms with Gasteiger partial charge in [0, 0.05) is 11.9 Å². The fraction of sp³-hybridized carbons (Fsp3) is 0.438. The van der Waals surface area contributed by atoms with Gasteiger partial charge in [-0.2, -0.15) is 0 Å². The van der Waals surface area contributed by atoms with Gasteiger partial charge in [-0.15, -0.1) is 0 Å². The molecule has 0 aliphatic heterocycles. The highest BCUT2D eigenvalue weighted by atomic mass is 16.3. The summed E-state index contributed by atoms with van der Waals surface area (Å²) >= 11 is 0. The largest absolute Gasteiger partial charge is 0.506 e. The number of benzene rings is 1. The number of aromatic nitrogens is 1. The second-order valence-electron chi connectivity index (χ2n) is 5.07. The lowest BCUT2D eigenvalue weighted by atomic mass is 10.2. The second kappa shape index (κ2) is 8.56. The SMILES string of the molecule is NCCCNCCCNCc1ccc2cccc(O)c2n1. The van der Waals surface area contributed by atoms with Crippen molar-refractivity contribution in [2.75, 3.05) is 26.2 Å². The summed E-state index contributed by atoms with van der Waals surface area (Å²) in [7, 11) is 0. The summed E-state index contributed by atoms with van der Waals surface area (Å²) in [6.07, 6.45) is 2.10. The molecule has 1 heterocycles. The van der Waals surface area contributed by atoms with Crippen molar-refractivity contribution in [3.05, 3.63) is 36.0 Å². The van der Waals surface area contributed by atoms with Crippen LogP contribution in [-0.4, -0.2) is 36.3 Å². The molecule has 114 valence electrons. The number of hydrogen-bond acceptors (Lipinski definition) is 5. The number of hydrogen-bond donors (Lipinski definition) is 4. The lowest BCUT2D eigenvalue weighted by molar-refractivity contribution is 0.480. The molecule has 0 spiro atoms. The van der Waals surface area contributed by atoms with Crippen molar-refractivity contribution in [3.8, 4) is 5.75 Å². The summed E-state index contributed by atoms with van der Waals surface area (Å²) in [6.45, 7) is 4.38. The Kier molecular flexibility index (Phi) is 6.40. The zero-order valence-electron chi connectivity index (χ0n) is 12.3. The van der Waals surface area contributed by atoms with Gasteiger partial charge in [0.25, 0.3) is 0 Å². The Morgan fingerprint density at radius 3 is 2.67 bits per heavy atom. The summed E-state index contributed by atoms with van der Waals surface area (Å²) < 4.78 is 0. The number of nitrogens with one attached hydrogen (secondary N) is 2. The van der Waals surface area contributed by atoms with Crippen LogP contribution in [0.15, 0.2) is 30.3 Å². The van der Waals surface area contributed by atoms with Gasteiger partial charge < -0.3 is 21.5 Å². The van der Waals surface area contributed by atoms with Crippen molar-refractivity contribution in [3.63, 3.8) is 0 Å². The zero-order chi connectivity index (χ0) is 14.9. The van der Waals surface area contributed by atoms with E-state index in [1.165, 1.54) is 0 Å². The van der Waals surface area contributed by atoms with E-state index in [2.05, 4.69) is 15.6 Å². The molecule has 21 heavy (non-hydrogen) atoms. The first kappa shape index (κ1) is 15.7. The van der Waals surface area contributed by atoms with Crippen LogP contribution in [0.25, 0.3) is 10.9 Å². The van der Waals surface area contributed by atoms with E-state index in [9.17, 15) is 5.11 Å². The minimum atomic E-state index is 0.235. The molecule has 0 saturated carbocycles. The highest BCUT2D eigenvalue weighted by Crippen LogP contribution is 2.22. The highest BCUT2D eigenvalue weighted by molar-refractivity contribution is 5.84. The lowest BCUT2D eigenvalue weighted by Crippen LogP contribution is -2.23. The number of para-hydroxylation sites is 1. The first-order chi connectivity index (χ1) is 10.3. The number of rotatable bonds is 9. The number of fused-ring (bicyclic) bond motifs is 1. The summed E-state index contributed by atoms with van der Waals surface area (Å²) in [5, 5.41) is 17.5. The van der Waals surface area contributed by atoms with Gasteiger partial charge in [0.2, 0.25) is 0 Å². The molecule has 2 rings (SSSR count). The predicted molar refractivity (Wildman–Crippen MR) is 86.3 cm³/mol. The molecule has 0 unspecified atom stereocenters. The van der Waals surface area contributed by atoms with Crippen molar-refractivity contribution in [1.29, 1.82) is 0 Å². The Morgan fingerprint density at radius 2 is 1.81 bits per heavy atom. The monoisotopic (exact) mass is 288 g/mol. The van der Waals surface area contributed by atoms with Crippen LogP contribution in [0.1, 0.15) is 18.5 Å². The fourth-order valence-corrected chi connectivity index (χ4v) is 2.18. The van der Waals surface area contributed by atoms with Gasteiger partial charge in [0.15, 0.2) is 0 Å². The summed E-state index contributed by atoms with van der Waals surface area (Å²) in [5.41, 5.74) is 7.04. The van der Waals surface area contributed by atoms with Crippen molar-refractivity contribution >= 4 is 10.9 Å². The molecule has 2 aromatic rings. The molecule has 0 atom stereocenters. The normalized spacial score (nSPS) is 11.1. The maximum atomic E-state index is 9.81. The average molecular weight is 288 g/mol. The van der Waals surface area contributed by atoms with Crippen LogP contribution in [-0.2, 0) is 6.54 Å². The van der Waals surface area contributed by atoms with Crippen LogP contribution in [0, 0.1) is 0 Å². The number of pyridine rings is 1. The van der Waals surface area contributed by atoms with Gasteiger partial charge in [-0.1, -0.05) is 18.2 Å². The first-order valence-corrected chi connectivity index (χ1v) is 7.50. The molecule has 0 bridgehead atoms. The van der Waals surface area contributed by atoms with E-state index < -0.39 is 0 Å². The van der Waals surface area contributed by atoms with Crippen LogP contribution in [0.3, 0.4) is 0 Å². The predicted octanol–water partition coefficient (Wildman–Crippen LogP) is 1.36. The summed E-state index contributed by atoms with van der Waals surface area (Å²) in [5.74, 6) is 0.235. The highest BCUT2D eigenvalue weighted by Gasteiger charge is 2.02. The topological polar surface area (TPSA) is 83.2 Å². The van der Waals surface area contributed by atoms with Gasteiger partial charge in [0.1, 0.15) is 11.3 Å². The van der Waals surface area contributed by atoms with Crippen molar-refractivity contribution in [2.24, 2.45) is 5.73 Å². The number of nitrogens with two attached hydrogens (primary N) is 1. The minimum absolute atomic E-state index is 0.235. The molecule has 5 N–H and O–H groups in total. The third-order valence-corrected chi connectivity index (χ3v) is 3.33. The molecule has 0 aliphatic rings. The fourth-order valence-electron chi connectivity index (χ4n) is 2.18. The minimum Gasteiger partial charge on any atom is -0.506 e. The Hall–Kier alpha value is -1.69. The number of phenols is 1.